The Morgan fingerprint density at radius 3 is 2.47 bits per heavy atom. The van der Waals surface area contributed by atoms with E-state index >= 15 is 0 Å². The fourth-order valence-corrected chi connectivity index (χ4v) is 2.78. The lowest BCUT2D eigenvalue weighted by molar-refractivity contribution is 0.317. The van der Waals surface area contributed by atoms with E-state index in [0.717, 1.165) is 20.2 Å². The Hall–Kier alpha value is -0.750. The lowest BCUT2D eigenvalue weighted by Gasteiger charge is -2.10. The Morgan fingerprint density at radius 1 is 1.47 bits per heavy atom. The number of anilines is 1. The second-order valence-corrected chi connectivity index (χ2v) is 4.76. The van der Waals surface area contributed by atoms with Crippen LogP contribution in [0.2, 0.25) is 0 Å². The molecule has 82 valence electrons. The predicted molar refractivity (Wildman–Crippen MR) is 68.5 cm³/mol. The molecule has 1 rings (SSSR count). The summed E-state index contributed by atoms with van der Waals surface area (Å²) in [6.07, 6.45) is 0. The molecular weight excluding hydrogens is 326 g/mol. The van der Waals surface area contributed by atoms with Gasteiger partial charge in [0, 0.05) is 8.95 Å². The van der Waals surface area contributed by atoms with Gasteiger partial charge in [0.15, 0.2) is 5.84 Å². The van der Waals surface area contributed by atoms with E-state index in [-0.39, 0.29) is 12.4 Å². The van der Waals surface area contributed by atoms with E-state index in [1.165, 1.54) is 0 Å². The summed E-state index contributed by atoms with van der Waals surface area (Å²) >= 11 is 6.87. The molecular formula is C9H11Br2N3O. The number of aryl methyl sites for hydroxylation is 1. The summed E-state index contributed by atoms with van der Waals surface area (Å²) in [5, 5.41) is 14.3. The van der Waals surface area contributed by atoms with Crippen molar-refractivity contribution < 1.29 is 5.21 Å². The minimum atomic E-state index is 0.134. The van der Waals surface area contributed by atoms with Crippen molar-refractivity contribution in [3.8, 4) is 0 Å². The van der Waals surface area contributed by atoms with E-state index in [1.54, 1.807) is 0 Å². The van der Waals surface area contributed by atoms with Crippen LogP contribution in [0.15, 0.2) is 26.2 Å². The van der Waals surface area contributed by atoms with Crippen LogP contribution in [0.5, 0.6) is 0 Å². The molecule has 0 bridgehead atoms. The zero-order valence-electron chi connectivity index (χ0n) is 8.09. The average molecular weight is 337 g/mol. The molecule has 0 unspecified atom stereocenters. The Bertz CT molecular complexity index is 370. The molecule has 6 heteroatoms. The van der Waals surface area contributed by atoms with Crippen LogP contribution in [0.1, 0.15) is 5.56 Å². The lowest BCUT2D eigenvalue weighted by Crippen LogP contribution is -2.22. The first-order valence-electron chi connectivity index (χ1n) is 4.20. The maximum absolute atomic E-state index is 8.40. The van der Waals surface area contributed by atoms with Gasteiger partial charge in [-0.3, -0.25) is 0 Å². The molecule has 0 saturated carbocycles. The minimum Gasteiger partial charge on any atom is -0.409 e. The van der Waals surface area contributed by atoms with Gasteiger partial charge in [0.25, 0.3) is 0 Å². The molecule has 0 fully saturated rings. The van der Waals surface area contributed by atoms with Crippen LogP contribution >= 0.6 is 31.9 Å². The van der Waals surface area contributed by atoms with Crippen LogP contribution < -0.4 is 11.1 Å². The van der Waals surface area contributed by atoms with E-state index < -0.39 is 0 Å². The molecule has 0 radical (unpaired) electrons. The number of amidine groups is 1. The molecule has 0 saturated heterocycles. The van der Waals surface area contributed by atoms with Gasteiger partial charge in [0.2, 0.25) is 0 Å². The van der Waals surface area contributed by atoms with Crippen LogP contribution in [0.4, 0.5) is 5.69 Å². The molecule has 15 heavy (non-hydrogen) atoms. The molecule has 0 heterocycles. The second kappa shape index (κ2) is 5.37. The third-order valence-electron chi connectivity index (χ3n) is 1.76. The molecule has 0 aliphatic carbocycles. The SMILES string of the molecule is Cc1cc(Br)c(NCC(N)=NO)c(Br)c1. The summed E-state index contributed by atoms with van der Waals surface area (Å²) in [6, 6.07) is 3.97. The normalized spacial score (nSPS) is 11.5. The number of rotatable bonds is 3. The number of hydrogen-bond donors (Lipinski definition) is 3. The number of benzene rings is 1. The minimum absolute atomic E-state index is 0.134. The van der Waals surface area contributed by atoms with Gasteiger partial charge < -0.3 is 16.3 Å². The van der Waals surface area contributed by atoms with E-state index in [0.29, 0.717) is 0 Å². The first-order chi connectivity index (χ1) is 7.04. The van der Waals surface area contributed by atoms with Gasteiger partial charge in [0.1, 0.15) is 0 Å². The first-order valence-corrected chi connectivity index (χ1v) is 5.79. The summed E-state index contributed by atoms with van der Waals surface area (Å²) in [7, 11) is 0. The summed E-state index contributed by atoms with van der Waals surface area (Å²) in [4.78, 5) is 0. The van der Waals surface area contributed by atoms with E-state index in [9.17, 15) is 0 Å². The monoisotopic (exact) mass is 335 g/mol. The van der Waals surface area contributed by atoms with Crippen molar-refractivity contribution >= 4 is 43.4 Å². The highest BCUT2D eigenvalue weighted by Crippen LogP contribution is 2.31. The zero-order chi connectivity index (χ0) is 11.4. The molecule has 4 nitrogen and oxygen atoms in total. The van der Waals surface area contributed by atoms with Crippen molar-refractivity contribution in [1.82, 2.24) is 0 Å². The Balaban J connectivity index is 2.86. The van der Waals surface area contributed by atoms with Gasteiger partial charge in [-0.15, -0.1) is 0 Å². The van der Waals surface area contributed by atoms with Crippen molar-refractivity contribution in [2.75, 3.05) is 11.9 Å². The molecule has 0 spiro atoms. The van der Waals surface area contributed by atoms with Gasteiger partial charge in [-0.1, -0.05) is 5.16 Å². The van der Waals surface area contributed by atoms with E-state index in [2.05, 4.69) is 42.3 Å². The Morgan fingerprint density at radius 2 is 2.00 bits per heavy atom. The van der Waals surface area contributed by atoms with Crippen LogP contribution in [-0.2, 0) is 0 Å². The highest BCUT2D eigenvalue weighted by atomic mass is 79.9. The standard InChI is InChI=1S/C9H11Br2N3O/c1-5-2-6(10)9(7(11)3-5)13-4-8(12)14-15/h2-3,13,15H,4H2,1H3,(H2,12,14). The fraction of sp³-hybridized carbons (Fsp3) is 0.222. The number of nitrogens with one attached hydrogen (secondary N) is 1. The molecule has 1 aromatic rings. The van der Waals surface area contributed by atoms with Crippen molar-refractivity contribution in [3.05, 3.63) is 26.6 Å². The molecule has 0 aliphatic heterocycles. The zero-order valence-corrected chi connectivity index (χ0v) is 11.3. The van der Waals surface area contributed by atoms with E-state index in [1.807, 2.05) is 19.1 Å². The largest absolute Gasteiger partial charge is 0.409 e. The summed E-state index contributed by atoms with van der Waals surface area (Å²) in [5.41, 5.74) is 7.38. The van der Waals surface area contributed by atoms with Crippen LogP contribution in [0, 0.1) is 6.92 Å². The van der Waals surface area contributed by atoms with Gasteiger partial charge in [0.05, 0.1) is 12.2 Å². The molecule has 0 aliphatic rings. The van der Waals surface area contributed by atoms with Gasteiger partial charge >= 0.3 is 0 Å². The number of oxime groups is 1. The Kier molecular flexibility index (Phi) is 4.41. The predicted octanol–water partition coefficient (Wildman–Crippen LogP) is 2.68. The smallest absolute Gasteiger partial charge is 0.158 e. The maximum Gasteiger partial charge on any atom is 0.158 e. The summed E-state index contributed by atoms with van der Waals surface area (Å²) < 4.78 is 1.86. The van der Waals surface area contributed by atoms with Crippen LogP contribution in [-0.4, -0.2) is 17.6 Å². The Labute approximate surface area is 105 Å². The number of nitrogens with two attached hydrogens (primary N) is 1. The number of halogens is 2. The maximum atomic E-state index is 8.40. The number of hydrogen-bond acceptors (Lipinski definition) is 3. The lowest BCUT2D eigenvalue weighted by atomic mass is 10.2. The highest BCUT2D eigenvalue weighted by molar-refractivity contribution is 9.11. The third-order valence-corrected chi connectivity index (χ3v) is 3.01. The molecule has 0 aromatic heterocycles. The van der Waals surface area contributed by atoms with Gasteiger partial charge in [-0.2, -0.15) is 0 Å². The molecule has 4 N–H and O–H groups in total. The highest BCUT2D eigenvalue weighted by Gasteiger charge is 2.06. The molecule has 1 aromatic carbocycles. The van der Waals surface area contributed by atoms with Crippen molar-refractivity contribution in [2.45, 2.75) is 6.92 Å². The summed E-state index contributed by atoms with van der Waals surface area (Å²) in [6.45, 7) is 2.29. The fourth-order valence-electron chi connectivity index (χ4n) is 1.08. The molecule has 0 amide bonds. The average Bonchev–Trinajstić information content (AvgIpc) is 2.15. The van der Waals surface area contributed by atoms with Crippen molar-refractivity contribution in [3.63, 3.8) is 0 Å². The number of nitrogens with zero attached hydrogens (tertiary/aromatic N) is 1. The first kappa shape index (κ1) is 12.3. The van der Waals surface area contributed by atoms with Gasteiger partial charge in [-0.25, -0.2) is 0 Å². The van der Waals surface area contributed by atoms with Crippen molar-refractivity contribution in [1.29, 1.82) is 0 Å². The third kappa shape index (κ3) is 3.39. The van der Waals surface area contributed by atoms with Crippen molar-refractivity contribution in [2.24, 2.45) is 10.9 Å². The second-order valence-electron chi connectivity index (χ2n) is 3.05. The van der Waals surface area contributed by atoms with E-state index in [4.69, 9.17) is 10.9 Å². The van der Waals surface area contributed by atoms with Crippen LogP contribution in [0.3, 0.4) is 0 Å². The van der Waals surface area contributed by atoms with Crippen LogP contribution in [0.25, 0.3) is 0 Å². The topological polar surface area (TPSA) is 70.6 Å². The van der Waals surface area contributed by atoms with Gasteiger partial charge in [-0.05, 0) is 56.5 Å². The molecule has 0 atom stereocenters. The summed E-state index contributed by atoms with van der Waals surface area (Å²) in [5.74, 6) is 0.134. The quantitative estimate of drug-likeness (QED) is 0.344.